The molecule has 3 nitrogen and oxygen atoms in total. The molecular formula is C20H13I2NO2. The fourth-order valence-corrected chi connectivity index (χ4v) is 5.01. The predicted octanol–water partition coefficient (Wildman–Crippen LogP) is 5.42. The number of carbonyl (C=O) groups excluding carboxylic acids is 1. The number of phenols is 1. The molecule has 0 bridgehead atoms. The van der Waals surface area contributed by atoms with Gasteiger partial charge in [0, 0.05) is 9.26 Å². The van der Waals surface area contributed by atoms with Gasteiger partial charge in [-0.2, -0.15) is 0 Å². The Morgan fingerprint density at radius 3 is 2.56 bits per heavy atom. The molecule has 0 aromatic heterocycles. The molecule has 5 heteroatoms. The first-order valence-corrected chi connectivity index (χ1v) is 9.89. The maximum absolute atomic E-state index is 12.6. The average molecular weight is 553 g/mol. The van der Waals surface area contributed by atoms with Crippen LogP contribution in [0.2, 0.25) is 0 Å². The van der Waals surface area contributed by atoms with Crippen LogP contribution >= 0.6 is 45.2 Å². The minimum Gasteiger partial charge on any atom is -0.506 e. The number of aromatic hydroxyl groups is 1. The second kappa shape index (κ2) is 6.60. The summed E-state index contributed by atoms with van der Waals surface area (Å²) in [4.78, 5) is 12.6. The molecule has 0 unspecified atom stereocenters. The molecule has 0 radical (unpaired) electrons. The van der Waals surface area contributed by atoms with Crippen molar-refractivity contribution in [1.29, 1.82) is 0 Å². The van der Waals surface area contributed by atoms with Crippen LogP contribution in [0.25, 0.3) is 11.1 Å². The van der Waals surface area contributed by atoms with E-state index in [2.05, 4.69) is 52.2 Å². The van der Waals surface area contributed by atoms with Crippen molar-refractivity contribution in [1.82, 2.24) is 0 Å². The molecule has 0 heterocycles. The molecule has 4 rings (SSSR count). The first-order valence-electron chi connectivity index (χ1n) is 7.73. The monoisotopic (exact) mass is 553 g/mol. The summed E-state index contributed by atoms with van der Waals surface area (Å²) in [6.45, 7) is 0. The molecule has 3 aromatic carbocycles. The molecule has 0 aliphatic heterocycles. The van der Waals surface area contributed by atoms with Crippen molar-refractivity contribution in [3.63, 3.8) is 0 Å². The van der Waals surface area contributed by atoms with Crippen LogP contribution < -0.4 is 5.32 Å². The molecule has 2 N–H and O–H groups in total. The van der Waals surface area contributed by atoms with Gasteiger partial charge in [0.05, 0.1) is 9.13 Å². The quantitative estimate of drug-likeness (QED) is 0.326. The molecule has 0 saturated carbocycles. The number of benzene rings is 3. The van der Waals surface area contributed by atoms with E-state index in [-0.39, 0.29) is 11.7 Å². The van der Waals surface area contributed by atoms with Gasteiger partial charge in [0.25, 0.3) is 5.91 Å². The van der Waals surface area contributed by atoms with Crippen LogP contribution in [0.5, 0.6) is 5.75 Å². The number of amides is 1. The van der Waals surface area contributed by atoms with Gasteiger partial charge < -0.3 is 10.4 Å². The van der Waals surface area contributed by atoms with Crippen LogP contribution in [-0.4, -0.2) is 11.0 Å². The lowest BCUT2D eigenvalue weighted by Gasteiger charge is -2.10. The van der Waals surface area contributed by atoms with Gasteiger partial charge in [-0.25, -0.2) is 0 Å². The second-order valence-corrected chi connectivity index (χ2v) is 8.35. The minimum atomic E-state index is -0.301. The smallest absolute Gasteiger partial charge is 0.259 e. The first kappa shape index (κ1) is 16.8. The van der Waals surface area contributed by atoms with Crippen LogP contribution in [0.4, 0.5) is 5.69 Å². The number of anilines is 1. The summed E-state index contributed by atoms with van der Waals surface area (Å²) in [5, 5.41) is 13.1. The molecule has 0 saturated heterocycles. The van der Waals surface area contributed by atoms with E-state index in [1.165, 1.54) is 22.3 Å². The number of hydrogen-bond donors (Lipinski definition) is 2. The van der Waals surface area contributed by atoms with E-state index in [4.69, 9.17) is 0 Å². The predicted molar refractivity (Wildman–Crippen MR) is 116 cm³/mol. The van der Waals surface area contributed by atoms with E-state index in [1.807, 2.05) is 46.9 Å². The number of carbonyl (C=O) groups is 1. The Hall–Kier alpha value is -1.61. The Morgan fingerprint density at radius 1 is 0.960 bits per heavy atom. The van der Waals surface area contributed by atoms with Crippen molar-refractivity contribution in [3.05, 3.63) is 78.4 Å². The van der Waals surface area contributed by atoms with Crippen LogP contribution in [0.15, 0.2) is 54.6 Å². The van der Waals surface area contributed by atoms with Gasteiger partial charge in [0.1, 0.15) is 5.75 Å². The SMILES string of the molecule is O=C(Nc1ccc2c(c1)Cc1ccccc1-2)c1cc(I)cc(I)c1O. The van der Waals surface area contributed by atoms with E-state index in [0.717, 1.165) is 15.7 Å². The third kappa shape index (κ3) is 3.15. The molecule has 1 aliphatic rings. The fraction of sp³-hybridized carbons (Fsp3) is 0.0500. The maximum atomic E-state index is 12.6. The average Bonchev–Trinajstić information content (AvgIpc) is 2.95. The second-order valence-electron chi connectivity index (χ2n) is 5.94. The highest BCUT2D eigenvalue weighted by Crippen LogP contribution is 2.37. The van der Waals surface area contributed by atoms with E-state index in [1.54, 1.807) is 6.07 Å². The van der Waals surface area contributed by atoms with Gasteiger partial charge in [-0.15, -0.1) is 0 Å². The normalized spacial score (nSPS) is 11.8. The molecule has 25 heavy (non-hydrogen) atoms. The maximum Gasteiger partial charge on any atom is 0.259 e. The van der Waals surface area contributed by atoms with Crippen molar-refractivity contribution in [2.45, 2.75) is 6.42 Å². The summed E-state index contributed by atoms with van der Waals surface area (Å²) >= 11 is 4.17. The molecule has 1 aliphatic carbocycles. The van der Waals surface area contributed by atoms with Crippen molar-refractivity contribution in [2.75, 3.05) is 5.32 Å². The van der Waals surface area contributed by atoms with Gasteiger partial charge in [0.2, 0.25) is 0 Å². The molecule has 0 atom stereocenters. The summed E-state index contributed by atoms with van der Waals surface area (Å²) in [5.41, 5.74) is 6.04. The third-order valence-electron chi connectivity index (χ3n) is 4.32. The number of fused-ring (bicyclic) bond motifs is 3. The van der Waals surface area contributed by atoms with E-state index >= 15 is 0 Å². The zero-order valence-electron chi connectivity index (χ0n) is 13.0. The summed E-state index contributed by atoms with van der Waals surface area (Å²) in [7, 11) is 0. The number of phenolic OH excluding ortho intramolecular Hbond substituents is 1. The van der Waals surface area contributed by atoms with Crippen LogP contribution in [0.1, 0.15) is 21.5 Å². The van der Waals surface area contributed by atoms with Gasteiger partial charge in [0.15, 0.2) is 0 Å². The van der Waals surface area contributed by atoms with Crippen LogP contribution in [0.3, 0.4) is 0 Å². The molecule has 124 valence electrons. The highest BCUT2D eigenvalue weighted by atomic mass is 127. The van der Waals surface area contributed by atoms with Crippen molar-refractivity contribution in [2.24, 2.45) is 0 Å². The van der Waals surface area contributed by atoms with Crippen molar-refractivity contribution in [3.8, 4) is 16.9 Å². The molecule has 1 amide bonds. The van der Waals surface area contributed by atoms with Crippen LogP contribution in [-0.2, 0) is 6.42 Å². The Morgan fingerprint density at radius 2 is 1.72 bits per heavy atom. The summed E-state index contributed by atoms with van der Waals surface area (Å²) in [6, 6.07) is 17.9. The van der Waals surface area contributed by atoms with Gasteiger partial charge in [-0.05, 0) is 98.1 Å². The summed E-state index contributed by atoms with van der Waals surface area (Å²) < 4.78 is 1.58. The molecule has 3 aromatic rings. The highest BCUT2D eigenvalue weighted by molar-refractivity contribution is 14.1. The van der Waals surface area contributed by atoms with E-state index in [0.29, 0.717) is 9.13 Å². The lowest BCUT2D eigenvalue weighted by atomic mass is 10.1. The Balaban J connectivity index is 1.63. The van der Waals surface area contributed by atoms with Crippen molar-refractivity contribution < 1.29 is 9.90 Å². The Bertz CT molecular complexity index is 1010. The summed E-state index contributed by atoms with van der Waals surface area (Å²) in [6.07, 6.45) is 0.877. The lowest BCUT2D eigenvalue weighted by molar-refractivity contribution is 0.102. The largest absolute Gasteiger partial charge is 0.506 e. The Kier molecular flexibility index (Phi) is 4.45. The van der Waals surface area contributed by atoms with Crippen molar-refractivity contribution >= 4 is 56.8 Å². The zero-order valence-corrected chi connectivity index (χ0v) is 17.3. The lowest BCUT2D eigenvalue weighted by Crippen LogP contribution is -2.13. The molecular weight excluding hydrogens is 540 g/mol. The standard InChI is InChI=1S/C20H13I2NO2/c21-13-9-17(19(24)18(22)10-13)20(25)23-14-5-6-16-12(8-14)7-11-3-1-2-4-15(11)16/h1-6,8-10,24H,7H2,(H,23,25). The van der Waals surface area contributed by atoms with E-state index < -0.39 is 0 Å². The summed E-state index contributed by atoms with van der Waals surface area (Å²) in [5.74, 6) is -0.281. The topological polar surface area (TPSA) is 49.3 Å². The number of rotatable bonds is 2. The van der Waals surface area contributed by atoms with Gasteiger partial charge >= 0.3 is 0 Å². The number of halogens is 2. The van der Waals surface area contributed by atoms with Gasteiger partial charge in [-0.3, -0.25) is 4.79 Å². The number of hydrogen-bond acceptors (Lipinski definition) is 2. The Labute approximate surface area is 172 Å². The minimum absolute atomic E-state index is 0.0204. The zero-order chi connectivity index (χ0) is 17.6. The number of nitrogens with one attached hydrogen (secondary N) is 1. The van der Waals surface area contributed by atoms with Crippen LogP contribution in [0, 0.1) is 7.14 Å². The fourth-order valence-electron chi connectivity index (χ4n) is 3.16. The van der Waals surface area contributed by atoms with E-state index in [9.17, 15) is 9.90 Å². The molecule has 0 fully saturated rings. The molecule has 0 spiro atoms. The first-order chi connectivity index (χ1) is 12.0. The highest BCUT2D eigenvalue weighted by Gasteiger charge is 2.19. The van der Waals surface area contributed by atoms with Gasteiger partial charge in [-0.1, -0.05) is 30.3 Å². The third-order valence-corrected chi connectivity index (χ3v) is 5.77.